The Morgan fingerprint density at radius 3 is 3.04 bits per heavy atom. The van der Waals surface area contributed by atoms with Crippen LogP contribution >= 0.6 is 0 Å². The molecule has 3 aromatic rings. The summed E-state index contributed by atoms with van der Waals surface area (Å²) in [5.74, 6) is 1.22. The molecular weight excluding hydrogens is 306 g/mol. The molecule has 0 atom stereocenters. The molecule has 0 radical (unpaired) electrons. The van der Waals surface area contributed by atoms with E-state index in [1.54, 1.807) is 38.1 Å². The van der Waals surface area contributed by atoms with E-state index >= 15 is 0 Å². The van der Waals surface area contributed by atoms with Crippen molar-refractivity contribution in [2.75, 3.05) is 7.11 Å². The fourth-order valence-electron chi connectivity index (χ4n) is 2.21. The van der Waals surface area contributed by atoms with E-state index in [4.69, 9.17) is 4.74 Å². The number of aromatic nitrogens is 4. The van der Waals surface area contributed by atoms with Crippen molar-refractivity contribution in [1.29, 1.82) is 0 Å². The van der Waals surface area contributed by atoms with Gasteiger partial charge in [0, 0.05) is 30.9 Å². The molecule has 0 aliphatic rings. The molecule has 7 heteroatoms. The molecule has 0 aliphatic carbocycles. The van der Waals surface area contributed by atoms with Crippen LogP contribution in [0.4, 0.5) is 0 Å². The number of carbonyl (C=O) groups is 1. The van der Waals surface area contributed by atoms with Crippen LogP contribution in [0.1, 0.15) is 11.4 Å². The van der Waals surface area contributed by atoms with Crippen molar-refractivity contribution in [2.24, 2.45) is 0 Å². The molecule has 1 amide bonds. The van der Waals surface area contributed by atoms with Gasteiger partial charge in [-0.1, -0.05) is 6.07 Å². The summed E-state index contributed by atoms with van der Waals surface area (Å²) < 4.78 is 7.28. The van der Waals surface area contributed by atoms with Crippen LogP contribution in [0.2, 0.25) is 0 Å². The van der Waals surface area contributed by atoms with Gasteiger partial charge in [0.2, 0.25) is 5.91 Å². The highest BCUT2D eigenvalue weighted by Gasteiger charge is 2.05. The summed E-state index contributed by atoms with van der Waals surface area (Å²) in [7, 11) is 1.61. The van der Waals surface area contributed by atoms with Gasteiger partial charge in [0.25, 0.3) is 0 Å². The Morgan fingerprint density at radius 1 is 1.42 bits per heavy atom. The largest absolute Gasteiger partial charge is 0.495 e. The van der Waals surface area contributed by atoms with Crippen molar-refractivity contribution in [2.45, 2.75) is 6.54 Å². The maximum absolute atomic E-state index is 11.8. The second-order valence-corrected chi connectivity index (χ2v) is 4.99. The van der Waals surface area contributed by atoms with E-state index in [0.29, 0.717) is 18.1 Å². The van der Waals surface area contributed by atoms with Gasteiger partial charge in [0.05, 0.1) is 25.7 Å². The summed E-state index contributed by atoms with van der Waals surface area (Å²) in [6.07, 6.45) is 11.8. The number of rotatable bonds is 6. The van der Waals surface area contributed by atoms with Gasteiger partial charge in [-0.3, -0.25) is 4.79 Å². The first-order valence-electron chi connectivity index (χ1n) is 7.37. The Morgan fingerprint density at radius 2 is 2.33 bits per heavy atom. The molecule has 122 valence electrons. The quantitative estimate of drug-likeness (QED) is 0.679. The minimum absolute atomic E-state index is 0.191. The molecule has 2 heterocycles. The molecule has 24 heavy (non-hydrogen) atoms. The van der Waals surface area contributed by atoms with Crippen LogP contribution in [0, 0.1) is 0 Å². The Hall–Kier alpha value is -3.35. The number of imidazole rings is 2. The summed E-state index contributed by atoms with van der Waals surface area (Å²) in [6.45, 7) is 0.360. The van der Waals surface area contributed by atoms with Gasteiger partial charge in [-0.15, -0.1) is 0 Å². The molecule has 1 aromatic carbocycles. The van der Waals surface area contributed by atoms with Crippen LogP contribution in [0.25, 0.3) is 11.8 Å². The van der Waals surface area contributed by atoms with Crippen molar-refractivity contribution in [3.05, 3.63) is 66.8 Å². The summed E-state index contributed by atoms with van der Waals surface area (Å²) >= 11 is 0. The van der Waals surface area contributed by atoms with Gasteiger partial charge < -0.3 is 19.6 Å². The van der Waals surface area contributed by atoms with E-state index in [1.165, 1.54) is 6.08 Å². The van der Waals surface area contributed by atoms with Crippen molar-refractivity contribution in [3.8, 4) is 11.4 Å². The third-order valence-electron chi connectivity index (χ3n) is 3.40. The molecular formula is C17H17N5O2. The monoisotopic (exact) mass is 323 g/mol. The van der Waals surface area contributed by atoms with Crippen molar-refractivity contribution in [3.63, 3.8) is 0 Å². The number of amides is 1. The van der Waals surface area contributed by atoms with Gasteiger partial charge in [-0.05, 0) is 23.8 Å². The first-order valence-corrected chi connectivity index (χ1v) is 7.37. The number of ether oxygens (including phenoxy) is 1. The standard InChI is InChI=1S/C17H17N5O2/c1-24-15-10-13(2-4-14(15)22-9-8-18-12-22)3-5-17(23)21-11-16-19-6-7-20-16/h2-10,12H,11H2,1H3,(H,19,20)(H,21,23)/b5-3+. The van der Waals surface area contributed by atoms with E-state index in [9.17, 15) is 4.79 Å². The third kappa shape index (κ3) is 3.70. The van der Waals surface area contributed by atoms with Crippen molar-refractivity contribution in [1.82, 2.24) is 24.8 Å². The predicted molar refractivity (Wildman–Crippen MR) is 89.6 cm³/mol. The normalized spacial score (nSPS) is 10.9. The molecule has 2 N–H and O–H groups in total. The maximum Gasteiger partial charge on any atom is 0.244 e. The number of aromatic amines is 1. The second-order valence-electron chi connectivity index (χ2n) is 4.99. The van der Waals surface area contributed by atoms with E-state index in [-0.39, 0.29) is 5.91 Å². The van der Waals surface area contributed by atoms with Gasteiger partial charge >= 0.3 is 0 Å². The van der Waals surface area contributed by atoms with Crippen LogP contribution in [0.5, 0.6) is 5.75 Å². The minimum Gasteiger partial charge on any atom is -0.495 e. The van der Waals surface area contributed by atoms with E-state index in [1.807, 2.05) is 29.0 Å². The lowest BCUT2D eigenvalue weighted by Crippen LogP contribution is -2.20. The summed E-state index contributed by atoms with van der Waals surface area (Å²) in [5, 5.41) is 2.75. The first kappa shape index (κ1) is 15.5. The molecule has 0 saturated carbocycles. The number of nitrogens with zero attached hydrogens (tertiary/aromatic N) is 3. The number of benzene rings is 1. The van der Waals surface area contributed by atoms with Crippen LogP contribution in [0.3, 0.4) is 0 Å². The molecule has 0 bridgehead atoms. The van der Waals surface area contributed by atoms with Gasteiger partial charge in [-0.2, -0.15) is 0 Å². The number of hydrogen-bond acceptors (Lipinski definition) is 4. The lowest BCUT2D eigenvalue weighted by Gasteiger charge is -2.09. The predicted octanol–water partition coefficient (Wildman–Crippen LogP) is 1.93. The van der Waals surface area contributed by atoms with Gasteiger partial charge in [0.1, 0.15) is 11.6 Å². The topological polar surface area (TPSA) is 84.8 Å². The van der Waals surface area contributed by atoms with Crippen LogP contribution in [0.15, 0.2) is 55.4 Å². The maximum atomic E-state index is 11.8. The Kier molecular flexibility index (Phi) is 4.71. The first-order chi connectivity index (χ1) is 11.8. The summed E-state index contributed by atoms with van der Waals surface area (Å²) in [4.78, 5) is 22.8. The number of H-pyrrole nitrogens is 1. The summed E-state index contributed by atoms with van der Waals surface area (Å²) in [6, 6.07) is 5.70. The van der Waals surface area contributed by atoms with Crippen molar-refractivity contribution < 1.29 is 9.53 Å². The third-order valence-corrected chi connectivity index (χ3v) is 3.40. The second kappa shape index (κ2) is 7.28. The highest BCUT2D eigenvalue weighted by molar-refractivity contribution is 5.91. The Balaban J connectivity index is 1.67. The molecule has 7 nitrogen and oxygen atoms in total. The molecule has 0 saturated heterocycles. The lowest BCUT2D eigenvalue weighted by molar-refractivity contribution is -0.116. The molecule has 3 rings (SSSR count). The van der Waals surface area contributed by atoms with Crippen molar-refractivity contribution >= 4 is 12.0 Å². The summed E-state index contributed by atoms with van der Waals surface area (Å²) in [5.41, 5.74) is 1.75. The number of nitrogens with one attached hydrogen (secondary N) is 2. The van der Waals surface area contributed by atoms with E-state index in [2.05, 4.69) is 20.3 Å². The Bertz CT molecular complexity index is 823. The number of hydrogen-bond donors (Lipinski definition) is 2. The fraction of sp³-hybridized carbons (Fsp3) is 0.118. The highest BCUT2D eigenvalue weighted by atomic mass is 16.5. The molecule has 0 fully saturated rings. The average molecular weight is 323 g/mol. The SMILES string of the molecule is COc1cc(/C=C/C(=O)NCc2ncc[nH]2)ccc1-n1ccnc1. The zero-order chi connectivity index (χ0) is 16.8. The Labute approximate surface area is 139 Å². The minimum atomic E-state index is -0.191. The van der Waals surface area contributed by atoms with Gasteiger partial charge in [-0.25, -0.2) is 9.97 Å². The van der Waals surface area contributed by atoms with E-state index < -0.39 is 0 Å². The average Bonchev–Trinajstić information content (AvgIpc) is 3.31. The molecule has 0 spiro atoms. The van der Waals surface area contributed by atoms with Crippen LogP contribution < -0.4 is 10.1 Å². The molecule has 2 aromatic heterocycles. The smallest absolute Gasteiger partial charge is 0.244 e. The number of methoxy groups -OCH3 is 1. The van der Waals surface area contributed by atoms with E-state index in [0.717, 1.165) is 11.3 Å². The number of carbonyl (C=O) groups excluding carboxylic acids is 1. The fourth-order valence-corrected chi connectivity index (χ4v) is 2.21. The van der Waals surface area contributed by atoms with Crippen LogP contribution in [-0.4, -0.2) is 32.5 Å². The van der Waals surface area contributed by atoms with Gasteiger partial charge in [0.15, 0.2) is 0 Å². The highest BCUT2D eigenvalue weighted by Crippen LogP contribution is 2.24. The molecule has 0 unspecified atom stereocenters. The zero-order valence-corrected chi connectivity index (χ0v) is 13.1. The lowest BCUT2D eigenvalue weighted by atomic mass is 10.1. The molecule has 0 aliphatic heterocycles. The zero-order valence-electron chi connectivity index (χ0n) is 13.1. The van der Waals surface area contributed by atoms with Crippen LogP contribution in [-0.2, 0) is 11.3 Å².